The molecule has 0 radical (unpaired) electrons. The lowest BCUT2D eigenvalue weighted by Gasteiger charge is -2.28. The van der Waals surface area contributed by atoms with Gasteiger partial charge in [0.05, 0.1) is 43.8 Å². The molecule has 1 atom stereocenters. The van der Waals surface area contributed by atoms with Crippen molar-refractivity contribution in [2.75, 3.05) is 61.2 Å². The minimum Gasteiger partial charge on any atom is -0.778 e. The van der Waals surface area contributed by atoms with Gasteiger partial charge in [-0.05, 0) is 60.5 Å². The Morgan fingerprint density at radius 3 is 2.38 bits per heavy atom. The first-order valence-electron chi connectivity index (χ1n) is 18.6. The van der Waals surface area contributed by atoms with E-state index in [0.717, 1.165) is 18.8 Å². The molecule has 17 nitrogen and oxygen atoms in total. The van der Waals surface area contributed by atoms with Crippen LogP contribution in [-0.4, -0.2) is 104 Å². The van der Waals surface area contributed by atoms with Gasteiger partial charge in [0.15, 0.2) is 19.0 Å². The van der Waals surface area contributed by atoms with E-state index in [1.807, 2.05) is 9.88 Å². The molecule has 2 aliphatic rings. The number of hydrogen-bond acceptors (Lipinski definition) is 14. The van der Waals surface area contributed by atoms with Crippen LogP contribution in [0.5, 0.6) is 10.9 Å². The largest absolute Gasteiger partial charge is 0.778 e. The van der Waals surface area contributed by atoms with Gasteiger partial charge < -0.3 is 38.4 Å². The molecule has 6 rings (SSSR count). The zero-order valence-corrected chi connectivity index (χ0v) is 38.9. The molecule has 0 saturated heterocycles. The van der Waals surface area contributed by atoms with Gasteiger partial charge in [-0.25, -0.2) is 13.8 Å². The van der Waals surface area contributed by atoms with E-state index in [9.17, 15) is 45.8 Å². The molecule has 0 fully saturated rings. The van der Waals surface area contributed by atoms with Crippen LogP contribution in [0.15, 0.2) is 41.4 Å². The summed E-state index contributed by atoms with van der Waals surface area (Å²) in [6.07, 6.45) is 7.48. The Hall–Kier alpha value is -4.96. The zero-order valence-electron chi connectivity index (χ0n) is 35.5. The summed E-state index contributed by atoms with van der Waals surface area (Å²) < 4.78 is 91.6. The number of carbonyl (C=O) groups is 3. The van der Waals surface area contributed by atoms with E-state index in [0.29, 0.717) is 32.8 Å². The van der Waals surface area contributed by atoms with Gasteiger partial charge in [-0.2, -0.15) is 17.5 Å². The van der Waals surface area contributed by atoms with Crippen molar-refractivity contribution in [1.82, 2.24) is 24.5 Å². The monoisotopic (exact) mass is 980 g/mol. The summed E-state index contributed by atoms with van der Waals surface area (Å²) >= 11 is 1.45. The fourth-order valence-corrected chi connectivity index (χ4v) is 7.17. The van der Waals surface area contributed by atoms with Crippen LogP contribution in [0.4, 0.5) is 39.0 Å². The minimum atomic E-state index is -4.61. The number of aliphatic carboxylic acids is 1. The number of ether oxygens (including phenoxy) is 2. The highest BCUT2D eigenvalue weighted by Crippen LogP contribution is 2.38. The first kappa shape index (κ1) is 53.4. The van der Waals surface area contributed by atoms with Crippen LogP contribution in [0.2, 0.25) is 0 Å². The standard InChI is InChI=1S/C18H17FN4O2S.C14H13F4N3O2S.C3H8NO5P.C3H9S/c1-4-5-22-13-7-12(11(19)6-14(13)25-9-16(22)24)20-17-23-10-18(2,3)8-15(23)21-26-17;1-8(2)21(10-5-3-9(15)4-6-10)11(22)7-23-13-20-19-12(24-13)14(16,17)18;5-3(6)1-4-2-10(7,8)9;1-4(2)3/h1,6-7H,5,8-10H2,2-3H3;3-6,8H,7H2,1-2H3;4H,1-2H2,(H,5,6)(H2,7,8,9);1-3H3/q;;;+1/p-1. The number of terminal acetylenes is 1. The predicted molar refractivity (Wildman–Crippen MR) is 231 cm³/mol. The smallest absolute Gasteiger partial charge is 0.445 e. The Bertz CT molecular complexity index is 2400. The molecule has 0 saturated carbocycles. The summed E-state index contributed by atoms with van der Waals surface area (Å²) in [7, 11) is -3.71. The quantitative estimate of drug-likeness (QED) is 0.0820. The average molecular weight is 981 g/mol. The van der Waals surface area contributed by atoms with E-state index in [4.69, 9.17) is 25.9 Å². The van der Waals surface area contributed by atoms with Crippen LogP contribution < -0.4 is 34.3 Å². The van der Waals surface area contributed by atoms with Crippen molar-refractivity contribution in [3.8, 4) is 23.3 Å². The highest BCUT2D eigenvalue weighted by atomic mass is 32.2. The highest BCUT2D eigenvalue weighted by molar-refractivity contribution is 7.94. The Labute approximate surface area is 376 Å². The van der Waals surface area contributed by atoms with Gasteiger partial charge in [-0.3, -0.25) is 24.6 Å². The van der Waals surface area contributed by atoms with Crippen molar-refractivity contribution in [2.24, 2.45) is 10.4 Å². The van der Waals surface area contributed by atoms with Crippen molar-refractivity contribution in [1.29, 1.82) is 0 Å². The second-order valence-electron chi connectivity index (χ2n) is 15.0. The molecular weight excluding hydrogens is 935 g/mol. The zero-order chi connectivity index (χ0) is 48.2. The molecule has 26 heteroatoms. The van der Waals surface area contributed by atoms with Gasteiger partial charge in [-0.1, -0.05) is 36.2 Å². The molecule has 4 aromatic rings. The average Bonchev–Trinajstić information content (AvgIpc) is 3.88. The Balaban J connectivity index is 0.000000265. The van der Waals surface area contributed by atoms with Gasteiger partial charge in [0.1, 0.15) is 30.7 Å². The van der Waals surface area contributed by atoms with Crippen molar-refractivity contribution in [2.45, 2.75) is 52.9 Å². The number of halogens is 5. The van der Waals surface area contributed by atoms with Gasteiger partial charge in [0, 0.05) is 42.3 Å². The lowest BCUT2D eigenvalue weighted by atomic mass is 9.92. The van der Waals surface area contributed by atoms with Gasteiger partial charge in [0.2, 0.25) is 9.81 Å². The molecule has 3 N–H and O–H groups in total. The number of fused-ring (bicyclic) bond motifs is 2. The number of rotatable bonds is 11. The molecule has 0 spiro atoms. The molecule has 2 aliphatic heterocycles. The number of anilines is 2. The number of carboxylic acids is 1. The minimum absolute atomic E-state index is 0.0964. The molecule has 2 aromatic heterocycles. The number of hydrogen-bond donors (Lipinski definition) is 3. The predicted octanol–water partition coefficient (Wildman–Crippen LogP) is 4.43. The maximum Gasteiger partial charge on any atom is 0.445 e. The number of alkyl halides is 3. The maximum absolute atomic E-state index is 14.5. The second kappa shape index (κ2) is 23.3. The van der Waals surface area contributed by atoms with Gasteiger partial charge in [-0.15, -0.1) is 11.5 Å². The summed E-state index contributed by atoms with van der Waals surface area (Å²) in [6, 6.07) is 7.77. The number of carbonyl (C=O) groups excluding carboxylic acids is 2. The third kappa shape index (κ3) is 16.9. The van der Waals surface area contributed by atoms with Crippen LogP contribution in [0.3, 0.4) is 0 Å². The normalized spacial score (nSPS) is 14.9. The Morgan fingerprint density at radius 2 is 1.83 bits per heavy atom. The summed E-state index contributed by atoms with van der Waals surface area (Å²) in [5.41, 5.74) is 1.13. The van der Waals surface area contributed by atoms with Crippen LogP contribution >= 0.6 is 30.5 Å². The van der Waals surface area contributed by atoms with E-state index >= 15 is 0 Å². The van der Waals surface area contributed by atoms with E-state index in [-0.39, 0.29) is 52.7 Å². The number of benzene rings is 2. The van der Waals surface area contributed by atoms with Crippen molar-refractivity contribution < 1.29 is 65.3 Å². The van der Waals surface area contributed by atoms with Gasteiger partial charge in [0.25, 0.3) is 17.0 Å². The van der Waals surface area contributed by atoms with E-state index in [1.54, 1.807) is 13.8 Å². The summed E-state index contributed by atoms with van der Waals surface area (Å²) in [4.78, 5) is 60.0. The molecule has 2 aromatic carbocycles. The molecule has 0 bridgehead atoms. The number of carboxylic acid groups (broad SMARTS) is 1. The molecule has 350 valence electrons. The molecule has 4 heterocycles. The van der Waals surface area contributed by atoms with E-state index in [2.05, 4.69) is 58.1 Å². The molecular formula is C38H46F5N8O9PS3. The van der Waals surface area contributed by atoms with Crippen LogP contribution in [0.1, 0.15) is 38.5 Å². The third-order valence-corrected chi connectivity index (χ3v) is 10.2. The second-order valence-corrected chi connectivity index (χ2v) is 20.7. The highest BCUT2D eigenvalue weighted by Gasteiger charge is 2.36. The van der Waals surface area contributed by atoms with Crippen molar-refractivity contribution in [3.05, 3.63) is 63.7 Å². The van der Waals surface area contributed by atoms with Crippen LogP contribution in [-0.2, 0) is 49.0 Å². The van der Waals surface area contributed by atoms with E-state index < -0.39 is 61.7 Å². The Morgan fingerprint density at radius 1 is 1.19 bits per heavy atom. The lowest BCUT2D eigenvalue weighted by Crippen LogP contribution is -2.40. The topological polar surface area (TPSA) is 225 Å². The first-order chi connectivity index (χ1) is 29.7. The van der Waals surface area contributed by atoms with E-state index in [1.165, 1.54) is 57.7 Å². The first-order valence-corrected chi connectivity index (χ1v) is 24.4. The van der Waals surface area contributed by atoms with Gasteiger partial charge >= 0.3 is 12.1 Å². The third-order valence-electron chi connectivity index (χ3n) is 7.88. The van der Waals surface area contributed by atoms with Crippen molar-refractivity contribution >= 4 is 76.2 Å². The maximum atomic E-state index is 14.5. The summed E-state index contributed by atoms with van der Waals surface area (Å²) in [6.45, 7) is 7.55. The summed E-state index contributed by atoms with van der Waals surface area (Å²) in [5, 5.41) is 14.7. The molecule has 2 amide bonds. The molecule has 64 heavy (non-hydrogen) atoms. The van der Waals surface area contributed by atoms with Crippen LogP contribution in [0, 0.1) is 29.4 Å². The Kier molecular flexibility index (Phi) is 19.4. The number of nitrogens with one attached hydrogen (secondary N) is 1. The fraction of sp³-hybridized carbons (Fsp3) is 0.447. The molecule has 1 unspecified atom stereocenters. The lowest BCUT2D eigenvalue weighted by molar-refractivity contribution is -0.193. The van der Waals surface area contributed by atoms with Crippen LogP contribution in [0.25, 0.3) is 0 Å². The fourth-order valence-electron chi connectivity index (χ4n) is 5.46. The SMILES string of the molecule is C#CCN1C(=O)COc2cc(F)c(N=c3snc4n3CC(C)(C)C4)cc21.CC(C)N(C(=O)COc1nnc(C(F)(F)F)s1)c1ccc(F)cc1.C[S+](C)C.O=C(O)CNCP(=O)([O-])O. The number of nitrogens with zero attached hydrogens (tertiary/aromatic N) is 7. The molecule has 0 aliphatic carbocycles. The number of aromatic nitrogens is 4. The number of amides is 2. The van der Waals surface area contributed by atoms with Crippen molar-refractivity contribution in [3.63, 3.8) is 0 Å². The summed E-state index contributed by atoms with van der Waals surface area (Å²) in [5.74, 6) is 0.805.